The van der Waals surface area contributed by atoms with Gasteiger partial charge in [0.2, 0.25) is 0 Å². The van der Waals surface area contributed by atoms with Gasteiger partial charge in [0.25, 0.3) is 0 Å². The molecule has 2 aromatic rings. The van der Waals surface area contributed by atoms with Crippen molar-refractivity contribution < 1.29 is 27.8 Å². The molecule has 4 aliphatic rings. The van der Waals surface area contributed by atoms with Crippen LogP contribution >= 0.6 is 0 Å². The maximum atomic E-state index is 6.11. The molecule has 6 heterocycles. The monoisotopic (exact) mass is 430 g/mol. The van der Waals surface area contributed by atoms with E-state index in [4.69, 9.17) is 27.8 Å². The molecular formula is C23H30N2O6. The second-order valence-corrected chi connectivity index (χ2v) is 9.12. The topological polar surface area (TPSA) is 82.9 Å². The van der Waals surface area contributed by atoms with Gasteiger partial charge in [-0.25, -0.2) is 0 Å². The van der Waals surface area contributed by atoms with Crippen LogP contribution < -0.4 is 0 Å². The lowest BCUT2D eigenvalue weighted by molar-refractivity contribution is 0.197. The van der Waals surface area contributed by atoms with Crippen molar-refractivity contribution in [2.45, 2.75) is 43.9 Å². The van der Waals surface area contributed by atoms with Crippen molar-refractivity contribution in [3.8, 4) is 0 Å². The molecule has 168 valence electrons. The Hall–Kier alpha value is -1.68. The minimum atomic E-state index is 0.368. The van der Waals surface area contributed by atoms with Crippen molar-refractivity contribution in [3.05, 3.63) is 47.3 Å². The lowest BCUT2D eigenvalue weighted by Gasteiger charge is -2.19. The Labute approximate surface area is 182 Å². The zero-order chi connectivity index (χ0) is 20.6. The number of rotatable bonds is 14. The molecule has 4 unspecified atom stereocenters. The summed E-state index contributed by atoms with van der Waals surface area (Å²) in [5.74, 6) is 3.80. The van der Waals surface area contributed by atoms with Gasteiger partial charge in [-0.1, -0.05) is 0 Å². The number of hydrogen-bond acceptors (Lipinski definition) is 8. The molecule has 6 rings (SSSR count). The predicted octanol–water partition coefficient (Wildman–Crippen LogP) is 1.66. The maximum absolute atomic E-state index is 6.11. The van der Waals surface area contributed by atoms with Crippen molar-refractivity contribution in [1.82, 2.24) is 9.80 Å². The molecule has 4 fully saturated rings. The lowest BCUT2D eigenvalue weighted by atomic mass is 10.2. The zero-order valence-corrected chi connectivity index (χ0v) is 17.7. The summed E-state index contributed by atoms with van der Waals surface area (Å²) in [6.07, 6.45) is 2.13. The summed E-state index contributed by atoms with van der Waals surface area (Å²) in [6.45, 7) is 8.77. The van der Waals surface area contributed by atoms with Crippen molar-refractivity contribution >= 4 is 0 Å². The van der Waals surface area contributed by atoms with Gasteiger partial charge in [0.05, 0.1) is 70.4 Å². The van der Waals surface area contributed by atoms with E-state index in [9.17, 15) is 0 Å². The van der Waals surface area contributed by atoms with Crippen LogP contribution in [-0.2, 0) is 38.5 Å². The van der Waals surface area contributed by atoms with Gasteiger partial charge in [-0.2, -0.15) is 0 Å². The molecule has 4 aliphatic heterocycles. The molecule has 0 radical (unpaired) electrons. The first kappa shape index (κ1) is 20.0. The highest BCUT2D eigenvalue weighted by atomic mass is 16.6. The first-order valence-electron chi connectivity index (χ1n) is 11.3. The largest absolute Gasteiger partial charge is 0.464 e. The fourth-order valence-electron chi connectivity index (χ4n) is 4.07. The van der Waals surface area contributed by atoms with Gasteiger partial charge in [0.15, 0.2) is 0 Å². The summed E-state index contributed by atoms with van der Waals surface area (Å²) < 4.78 is 33.8. The highest BCUT2D eigenvalue weighted by Crippen LogP contribution is 2.22. The maximum Gasteiger partial charge on any atom is 0.118 e. The highest BCUT2D eigenvalue weighted by molar-refractivity contribution is 5.16. The molecule has 31 heavy (non-hydrogen) atoms. The molecule has 0 spiro atoms. The van der Waals surface area contributed by atoms with E-state index in [2.05, 4.69) is 34.1 Å². The molecule has 4 saturated heterocycles. The standard InChI is InChI=1S/C23H30N2O6/c1-3-18(6-24(8-20-12-26-20)9-21-13-27-21)30-16(1)5-17-2-4-19(31-17)7-25(10-22-14-28-22)11-23-15-29-23/h1-4,20-23H,5-15H2. The van der Waals surface area contributed by atoms with Gasteiger partial charge in [0.1, 0.15) is 23.0 Å². The quantitative estimate of drug-likeness (QED) is 0.419. The Kier molecular flexibility index (Phi) is 5.60. The predicted molar refractivity (Wildman–Crippen MR) is 110 cm³/mol. The van der Waals surface area contributed by atoms with Crippen LogP contribution in [0.4, 0.5) is 0 Å². The second-order valence-electron chi connectivity index (χ2n) is 9.12. The van der Waals surface area contributed by atoms with Crippen LogP contribution in [0.3, 0.4) is 0 Å². The Bertz CT molecular complexity index is 767. The molecule has 8 nitrogen and oxygen atoms in total. The number of hydrogen-bond donors (Lipinski definition) is 0. The van der Waals surface area contributed by atoms with Gasteiger partial charge < -0.3 is 27.8 Å². The van der Waals surface area contributed by atoms with Crippen LogP contribution in [0.25, 0.3) is 0 Å². The van der Waals surface area contributed by atoms with Crippen LogP contribution in [0.15, 0.2) is 33.1 Å². The number of ether oxygens (including phenoxy) is 4. The van der Waals surface area contributed by atoms with Crippen LogP contribution in [0.5, 0.6) is 0 Å². The fourth-order valence-corrected chi connectivity index (χ4v) is 4.07. The normalized spacial score (nSPS) is 28.5. The van der Waals surface area contributed by atoms with E-state index in [1.54, 1.807) is 0 Å². The van der Waals surface area contributed by atoms with Gasteiger partial charge >= 0.3 is 0 Å². The van der Waals surface area contributed by atoms with E-state index in [0.29, 0.717) is 30.8 Å². The minimum Gasteiger partial charge on any atom is -0.464 e. The molecule has 0 saturated carbocycles. The summed E-state index contributed by atoms with van der Waals surface area (Å²) in [6, 6.07) is 8.25. The van der Waals surface area contributed by atoms with Crippen molar-refractivity contribution in [3.63, 3.8) is 0 Å². The molecule has 8 heteroatoms. The van der Waals surface area contributed by atoms with Crippen molar-refractivity contribution in [1.29, 1.82) is 0 Å². The molecule has 2 aromatic heterocycles. The van der Waals surface area contributed by atoms with E-state index in [1.807, 2.05) is 0 Å². The summed E-state index contributed by atoms with van der Waals surface area (Å²) in [5.41, 5.74) is 0. The molecule has 0 aromatic carbocycles. The lowest BCUT2D eigenvalue weighted by Crippen LogP contribution is -2.31. The summed E-state index contributed by atoms with van der Waals surface area (Å²) in [4.78, 5) is 4.73. The van der Waals surface area contributed by atoms with E-state index in [1.165, 1.54) is 0 Å². The molecule has 0 amide bonds. The first-order chi connectivity index (χ1) is 15.2. The van der Waals surface area contributed by atoms with E-state index in [-0.39, 0.29) is 0 Å². The third-order valence-electron chi connectivity index (χ3n) is 6.00. The average molecular weight is 431 g/mol. The summed E-state index contributed by atoms with van der Waals surface area (Å²) in [5, 5.41) is 0. The summed E-state index contributed by atoms with van der Waals surface area (Å²) in [7, 11) is 0. The smallest absolute Gasteiger partial charge is 0.118 e. The van der Waals surface area contributed by atoms with Gasteiger partial charge in [0, 0.05) is 26.2 Å². The molecule has 0 aliphatic carbocycles. The Morgan fingerprint density at radius 3 is 1.19 bits per heavy atom. The van der Waals surface area contributed by atoms with E-state index < -0.39 is 0 Å². The van der Waals surface area contributed by atoms with Crippen molar-refractivity contribution in [2.75, 3.05) is 52.6 Å². The van der Waals surface area contributed by atoms with E-state index in [0.717, 1.165) is 88.7 Å². The molecule has 4 atom stereocenters. The third kappa shape index (κ3) is 6.19. The van der Waals surface area contributed by atoms with Gasteiger partial charge in [-0.15, -0.1) is 0 Å². The molecule has 0 N–H and O–H groups in total. The average Bonchev–Trinajstić information content (AvgIpc) is 3.54. The zero-order valence-electron chi connectivity index (χ0n) is 17.7. The Morgan fingerprint density at radius 1 is 0.548 bits per heavy atom. The minimum absolute atomic E-state index is 0.368. The Balaban J connectivity index is 1.02. The van der Waals surface area contributed by atoms with E-state index >= 15 is 0 Å². The Morgan fingerprint density at radius 2 is 0.871 bits per heavy atom. The number of epoxide rings is 4. The van der Waals surface area contributed by atoms with Gasteiger partial charge in [-0.3, -0.25) is 9.80 Å². The van der Waals surface area contributed by atoms with Crippen molar-refractivity contribution in [2.24, 2.45) is 0 Å². The SMILES string of the molecule is c1cc(CN(CC2CO2)CC2CO2)oc1Cc1ccc(CN(CC2CO2)CC2CO2)o1. The first-order valence-corrected chi connectivity index (χ1v) is 11.3. The van der Waals surface area contributed by atoms with Crippen LogP contribution in [0, 0.1) is 0 Å². The molecular weight excluding hydrogens is 400 g/mol. The van der Waals surface area contributed by atoms with Gasteiger partial charge in [-0.05, 0) is 24.3 Å². The van der Waals surface area contributed by atoms with Crippen LogP contribution in [0.2, 0.25) is 0 Å². The number of furan rings is 2. The van der Waals surface area contributed by atoms with Crippen LogP contribution in [0.1, 0.15) is 23.0 Å². The third-order valence-corrected chi connectivity index (χ3v) is 6.00. The summed E-state index contributed by atoms with van der Waals surface area (Å²) >= 11 is 0. The van der Waals surface area contributed by atoms with Crippen LogP contribution in [-0.4, -0.2) is 86.8 Å². The molecule has 0 bridgehead atoms. The number of nitrogens with zero attached hydrogens (tertiary/aromatic N) is 2. The fraction of sp³-hybridized carbons (Fsp3) is 0.652. The highest BCUT2D eigenvalue weighted by Gasteiger charge is 2.32. The second kappa shape index (κ2) is 8.69.